The second-order valence-corrected chi connectivity index (χ2v) is 4.95. The van der Waals surface area contributed by atoms with Crippen molar-refractivity contribution in [3.05, 3.63) is 11.6 Å². The van der Waals surface area contributed by atoms with E-state index in [1.165, 1.54) is 12.8 Å². The van der Waals surface area contributed by atoms with Crippen LogP contribution in [0.4, 0.5) is 0 Å². The van der Waals surface area contributed by atoms with Crippen LogP contribution < -0.4 is 0 Å². The highest BCUT2D eigenvalue weighted by Gasteiger charge is 2.07. The molecule has 78 valence electrons. The highest BCUT2D eigenvalue weighted by molar-refractivity contribution is 5.02. The average Bonchev–Trinajstić information content (AvgIpc) is 2.02. The van der Waals surface area contributed by atoms with Crippen molar-refractivity contribution in [2.45, 2.75) is 54.4 Å². The molecule has 0 radical (unpaired) electrons. The minimum atomic E-state index is 0.743. The van der Waals surface area contributed by atoms with Gasteiger partial charge in [-0.15, -0.1) is 0 Å². The quantitative estimate of drug-likeness (QED) is 0.542. The Morgan fingerprint density at radius 3 is 2.00 bits per heavy atom. The predicted molar refractivity (Wildman–Crippen MR) is 61.8 cm³/mol. The fourth-order valence-electron chi connectivity index (χ4n) is 1.36. The maximum Gasteiger partial charge on any atom is -0.0211 e. The normalized spacial score (nSPS) is 15.5. The van der Waals surface area contributed by atoms with Crippen molar-refractivity contribution < 1.29 is 0 Å². The van der Waals surface area contributed by atoms with Gasteiger partial charge in [-0.1, -0.05) is 46.3 Å². The van der Waals surface area contributed by atoms with Gasteiger partial charge in [0.05, 0.1) is 0 Å². The Balaban J connectivity index is 3.87. The monoisotopic (exact) mass is 182 g/mol. The summed E-state index contributed by atoms with van der Waals surface area (Å²) in [6, 6.07) is 0. The van der Waals surface area contributed by atoms with Crippen LogP contribution in [0.15, 0.2) is 11.6 Å². The number of allylic oxidation sites excluding steroid dienone is 2. The molecule has 0 heterocycles. The standard InChI is InChI=1S/C13H26/c1-10(2)8-7-9-12(5)13(6)11(3)4/h9-11,13H,7-8H2,1-6H3. The van der Waals surface area contributed by atoms with E-state index in [-0.39, 0.29) is 0 Å². The van der Waals surface area contributed by atoms with E-state index >= 15 is 0 Å². The molecule has 13 heavy (non-hydrogen) atoms. The first-order valence-electron chi connectivity index (χ1n) is 5.61. The van der Waals surface area contributed by atoms with Crippen LogP contribution >= 0.6 is 0 Å². The Morgan fingerprint density at radius 1 is 1.08 bits per heavy atom. The fourth-order valence-corrected chi connectivity index (χ4v) is 1.36. The molecule has 0 aliphatic heterocycles. The number of hydrogen-bond donors (Lipinski definition) is 0. The molecule has 0 aromatic heterocycles. The fraction of sp³-hybridized carbons (Fsp3) is 0.846. The van der Waals surface area contributed by atoms with E-state index < -0.39 is 0 Å². The first-order chi connectivity index (χ1) is 5.95. The average molecular weight is 182 g/mol. The minimum absolute atomic E-state index is 0.743. The van der Waals surface area contributed by atoms with E-state index in [0.717, 1.165) is 17.8 Å². The van der Waals surface area contributed by atoms with Crippen LogP contribution in [0.5, 0.6) is 0 Å². The summed E-state index contributed by atoms with van der Waals surface area (Å²) in [4.78, 5) is 0. The van der Waals surface area contributed by atoms with E-state index in [1.807, 2.05) is 0 Å². The first-order valence-corrected chi connectivity index (χ1v) is 5.61. The van der Waals surface area contributed by atoms with E-state index in [2.05, 4.69) is 47.6 Å². The third-order valence-corrected chi connectivity index (χ3v) is 2.93. The molecular weight excluding hydrogens is 156 g/mol. The van der Waals surface area contributed by atoms with Crippen LogP contribution in [-0.4, -0.2) is 0 Å². The summed E-state index contributed by atoms with van der Waals surface area (Å²) in [5.74, 6) is 2.35. The van der Waals surface area contributed by atoms with Crippen molar-refractivity contribution in [1.29, 1.82) is 0 Å². The Labute approximate surface area is 84.4 Å². The molecule has 0 aromatic rings. The third-order valence-electron chi connectivity index (χ3n) is 2.93. The van der Waals surface area contributed by atoms with E-state index in [9.17, 15) is 0 Å². The molecule has 0 spiro atoms. The maximum atomic E-state index is 2.42. The zero-order chi connectivity index (χ0) is 10.4. The Hall–Kier alpha value is -0.260. The van der Waals surface area contributed by atoms with Gasteiger partial charge in [0.15, 0.2) is 0 Å². The van der Waals surface area contributed by atoms with Crippen molar-refractivity contribution in [2.24, 2.45) is 17.8 Å². The third kappa shape index (κ3) is 5.90. The molecule has 0 rings (SSSR count). The molecular formula is C13H26. The number of hydrogen-bond acceptors (Lipinski definition) is 0. The van der Waals surface area contributed by atoms with Gasteiger partial charge in [0.25, 0.3) is 0 Å². The van der Waals surface area contributed by atoms with Crippen molar-refractivity contribution in [2.75, 3.05) is 0 Å². The van der Waals surface area contributed by atoms with Gasteiger partial charge < -0.3 is 0 Å². The molecule has 0 amide bonds. The van der Waals surface area contributed by atoms with Crippen molar-refractivity contribution in [3.63, 3.8) is 0 Å². The van der Waals surface area contributed by atoms with E-state index in [4.69, 9.17) is 0 Å². The SMILES string of the molecule is CC(=CCCC(C)C)C(C)C(C)C. The lowest BCUT2D eigenvalue weighted by molar-refractivity contribution is 0.477. The lowest BCUT2D eigenvalue weighted by atomic mass is 9.90. The summed E-state index contributed by atoms with van der Waals surface area (Å²) in [5.41, 5.74) is 1.57. The van der Waals surface area contributed by atoms with Gasteiger partial charge in [0.2, 0.25) is 0 Å². The van der Waals surface area contributed by atoms with Crippen molar-refractivity contribution in [3.8, 4) is 0 Å². The molecule has 0 bridgehead atoms. The van der Waals surface area contributed by atoms with Crippen molar-refractivity contribution >= 4 is 0 Å². The Kier molecular flexibility index (Phi) is 6.11. The van der Waals surface area contributed by atoms with Gasteiger partial charge in [-0.2, -0.15) is 0 Å². The summed E-state index contributed by atoms with van der Waals surface area (Å²) in [5, 5.41) is 0. The molecule has 0 aliphatic rings. The molecule has 1 atom stereocenters. The molecule has 0 saturated carbocycles. The minimum Gasteiger partial charge on any atom is -0.0853 e. The summed E-state index contributed by atoms with van der Waals surface area (Å²) in [6.07, 6.45) is 4.99. The lowest BCUT2D eigenvalue weighted by Gasteiger charge is -2.16. The molecule has 0 heteroatoms. The highest BCUT2D eigenvalue weighted by Crippen LogP contribution is 2.20. The molecule has 0 N–H and O–H groups in total. The zero-order valence-corrected chi connectivity index (χ0v) is 10.2. The zero-order valence-electron chi connectivity index (χ0n) is 10.2. The van der Waals surface area contributed by atoms with Crippen LogP contribution in [0, 0.1) is 17.8 Å². The van der Waals surface area contributed by atoms with Crippen LogP contribution in [0.2, 0.25) is 0 Å². The van der Waals surface area contributed by atoms with Crippen LogP contribution in [0.3, 0.4) is 0 Å². The molecule has 0 saturated heterocycles. The van der Waals surface area contributed by atoms with E-state index in [0.29, 0.717) is 0 Å². The maximum absolute atomic E-state index is 2.42. The smallest absolute Gasteiger partial charge is 0.0211 e. The topological polar surface area (TPSA) is 0 Å². The molecule has 0 nitrogen and oxygen atoms in total. The number of rotatable bonds is 5. The summed E-state index contributed by atoms with van der Waals surface area (Å²) < 4.78 is 0. The summed E-state index contributed by atoms with van der Waals surface area (Å²) in [6.45, 7) is 13.8. The van der Waals surface area contributed by atoms with Gasteiger partial charge >= 0.3 is 0 Å². The van der Waals surface area contributed by atoms with Crippen LogP contribution in [-0.2, 0) is 0 Å². The van der Waals surface area contributed by atoms with Crippen LogP contribution in [0.25, 0.3) is 0 Å². The Bertz CT molecular complexity index is 151. The molecule has 0 aromatic carbocycles. The largest absolute Gasteiger partial charge is 0.0853 e. The lowest BCUT2D eigenvalue weighted by Crippen LogP contribution is -2.05. The molecule has 1 unspecified atom stereocenters. The van der Waals surface area contributed by atoms with E-state index in [1.54, 1.807) is 5.57 Å². The van der Waals surface area contributed by atoms with Gasteiger partial charge in [-0.05, 0) is 37.5 Å². The van der Waals surface area contributed by atoms with Crippen LogP contribution in [0.1, 0.15) is 54.4 Å². The molecule has 0 fully saturated rings. The molecule has 0 aliphatic carbocycles. The van der Waals surface area contributed by atoms with Gasteiger partial charge in [-0.25, -0.2) is 0 Å². The Morgan fingerprint density at radius 2 is 1.62 bits per heavy atom. The second kappa shape index (κ2) is 6.23. The first kappa shape index (κ1) is 12.7. The second-order valence-electron chi connectivity index (χ2n) is 4.95. The van der Waals surface area contributed by atoms with Gasteiger partial charge in [-0.3, -0.25) is 0 Å². The highest BCUT2D eigenvalue weighted by atomic mass is 14.1. The van der Waals surface area contributed by atoms with Gasteiger partial charge in [0, 0.05) is 0 Å². The summed E-state index contributed by atoms with van der Waals surface area (Å²) >= 11 is 0. The van der Waals surface area contributed by atoms with Gasteiger partial charge in [0.1, 0.15) is 0 Å². The van der Waals surface area contributed by atoms with Crippen molar-refractivity contribution in [1.82, 2.24) is 0 Å². The predicted octanol–water partition coefficient (Wildman–Crippen LogP) is 4.66. The summed E-state index contributed by atoms with van der Waals surface area (Å²) in [7, 11) is 0.